The van der Waals surface area contributed by atoms with Gasteiger partial charge in [-0.1, -0.05) is 42.4 Å². The van der Waals surface area contributed by atoms with E-state index < -0.39 is 0 Å². The Morgan fingerprint density at radius 1 is 1.31 bits per heavy atom. The van der Waals surface area contributed by atoms with E-state index in [1.165, 1.54) is 17.6 Å². The van der Waals surface area contributed by atoms with Crippen LogP contribution in [0.15, 0.2) is 41.1 Å². The summed E-state index contributed by atoms with van der Waals surface area (Å²) in [5, 5.41) is 12.5. The molecule has 2 nitrogen and oxygen atoms in total. The third-order valence-corrected chi connectivity index (χ3v) is 3.13. The van der Waals surface area contributed by atoms with Gasteiger partial charge in [-0.15, -0.1) is 0 Å². The van der Waals surface area contributed by atoms with Crippen molar-refractivity contribution in [2.24, 2.45) is 11.1 Å². The molecule has 1 aromatic rings. The Labute approximate surface area is 96.3 Å². The van der Waals surface area contributed by atoms with E-state index in [1.807, 2.05) is 18.2 Å². The van der Waals surface area contributed by atoms with Crippen molar-refractivity contribution in [3.63, 3.8) is 0 Å². The van der Waals surface area contributed by atoms with Gasteiger partial charge in [0.2, 0.25) is 0 Å². The van der Waals surface area contributed by atoms with Crippen molar-refractivity contribution in [1.82, 2.24) is 0 Å². The van der Waals surface area contributed by atoms with Gasteiger partial charge in [0, 0.05) is 5.92 Å². The van der Waals surface area contributed by atoms with Crippen LogP contribution in [-0.2, 0) is 0 Å². The van der Waals surface area contributed by atoms with E-state index in [-0.39, 0.29) is 0 Å². The number of allylic oxidation sites excluding steroid dienone is 1. The fourth-order valence-electron chi connectivity index (χ4n) is 2.24. The Hall–Kier alpha value is -1.57. The highest BCUT2D eigenvalue weighted by Crippen LogP contribution is 2.27. The van der Waals surface area contributed by atoms with E-state index in [0.29, 0.717) is 5.92 Å². The first-order valence-corrected chi connectivity index (χ1v) is 5.79. The molecule has 1 N–H and O–H groups in total. The maximum absolute atomic E-state index is 9.06. The lowest BCUT2D eigenvalue weighted by Crippen LogP contribution is -2.19. The number of nitrogens with zero attached hydrogens (tertiary/aromatic N) is 1. The van der Waals surface area contributed by atoms with Crippen LogP contribution in [0.4, 0.5) is 0 Å². The second-order valence-electron chi connectivity index (χ2n) is 4.36. The van der Waals surface area contributed by atoms with Crippen LogP contribution < -0.4 is 0 Å². The minimum absolute atomic E-state index is 0.369. The van der Waals surface area contributed by atoms with Crippen molar-refractivity contribution >= 4 is 11.8 Å². The highest BCUT2D eigenvalue weighted by Gasteiger charge is 2.21. The molecule has 0 amide bonds. The monoisotopic (exact) mass is 215 g/mol. The molecular weight excluding hydrogens is 198 g/mol. The first-order valence-electron chi connectivity index (χ1n) is 5.79. The van der Waals surface area contributed by atoms with Gasteiger partial charge in [-0.25, -0.2) is 0 Å². The van der Waals surface area contributed by atoms with E-state index in [4.69, 9.17) is 5.21 Å². The van der Waals surface area contributed by atoms with Gasteiger partial charge >= 0.3 is 0 Å². The van der Waals surface area contributed by atoms with Gasteiger partial charge in [-0.3, -0.25) is 0 Å². The SMILES string of the molecule is C[C@@H]1CCC/C(=C\c2ccccc2)C1=NO. The van der Waals surface area contributed by atoms with Gasteiger partial charge < -0.3 is 5.21 Å². The van der Waals surface area contributed by atoms with Gasteiger partial charge in [-0.05, 0) is 36.5 Å². The molecule has 0 radical (unpaired) electrons. The van der Waals surface area contributed by atoms with E-state index in [0.717, 1.165) is 18.6 Å². The Kier molecular flexibility index (Phi) is 3.40. The molecular formula is C14H17NO. The van der Waals surface area contributed by atoms with Crippen LogP contribution in [0.25, 0.3) is 6.08 Å². The van der Waals surface area contributed by atoms with Gasteiger partial charge in [-0.2, -0.15) is 0 Å². The van der Waals surface area contributed by atoms with Crippen LogP contribution in [-0.4, -0.2) is 10.9 Å². The number of hydrogen-bond acceptors (Lipinski definition) is 2. The third kappa shape index (κ3) is 2.32. The second-order valence-corrected chi connectivity index (χ2v) is 4.36. The molecule has 16 heavy (non-hydrogen) atoms. The van der Waals surface area contributed by atoms with Crippen LogP contribution >= 0.6 is 0 Å². The van der Waals surface area contributed by atoms with Crippen LogP contribution in [0.3, 0.4) is 0 Å². The zero-order valence-corrected chi connectivity index (χ0v) is 9.56. The summed E-state index contributed by atoms with van der Waals surface area (Å²) in [6.07, 6.45) is 5.44. The Morgan fingerprint density at radius 3 is 2.75 bits per heavy atom. The van der Waals surface area contributed by atoms with E-state index in [9.17, 15) is 0 Å². The average molecular weight is 215 g/mol. The lowest BCUT2D eigenvalue weighted by Gasteiger charge is -2.22. The summed E-state index contributed by atoms with van der Waals surface area (Å²) in [5.41, 5.74) is 3.20. The molecule has 0 aliphatic heterocycles. The van der Waals surface area contributed by atoms with Crippen molar-refractivity contribution in [3.8, 4) is 0 Å². The summed E-state index contributed by atoms with van der Waals surface area (Å²) >= 11 is 0. The summed E-state index contributed by atoms with van der Waals surface area (Å²) in [6.45, 7) is 2.12. The molecule has 2 heteroatoms. The standard InChI is InChI=1S/C14H17NO/c1-11-6-5-9-13(14(11)15-16)10-12-7-3-2-4-8-12/h2-4,7-8,10-11,16H,5-6,9H2,1H3/b13-10+,15-14?/t11-/m1/s1. The average Bonchev–Trinajstić information content (AvgIpc) is 2.31. The fourth-order valence-corrected chi connectivity index (χ4v) is 2.24. The Morgan fingerprint density at radius 2 is 2.06 bits per heavy atom. The minimum Gasteiger partial charge on any atom is -0.411 e. The maximum Gasteiger partial charge on any atom is 0.0855 e. The Bertz CT molecular complexity index is 406. The molecule has 1 aliphatic rings. The highest BCUT2D eigenvalue weighted by molar-refractivity contribution is 6.05. The molecule has 1 fully saturated rings. The molecule has 1 aromatic carbocycles. The van der Waals surface area contributed by atoms with E-state index >= 15 is 0 Å². The summed E-state index contributed by atoms with van der Waals surface area (Å²) in [7, 11) is 0. The number of benzene rings is 1. The van der Waals surface area contributed by atoms with Gasteiger partial charge in [0.05, 0.1) is 5.71 Å². The molecule has 1 aliphatic carbocycles. The molecule has 2 rings (SSSR count). The summed E-state index contributed by atoms with van der Waals surface area (Å²) in [6, 6.07) is 10.2. The van der Waals surface area contributed by atoms with E-state index in [2.05, 4.69) is 30.3 Å². The van der Waals surface area contributed by atoms with E-state index in [1.54, 1.807) is 0 Å². The first-order chi connectivity index (χ1) is 7.81. The fraction of sp³-hybridized carbons (Fsp3) is 0.357. The highest BCUT2D eigenvalue weighted by atomic mass is 16.4. The van der Waals surface area contributed by atoms with Crippen LogP contribution in [0.5, 0.6) is 0 Å². The third-order valence-electron chi connectivity index (χ3n) is 3.13. The summed E-state index contributed by atoms with van der Waals surface area (Å²) < 4.78 is 0. The lowest BCUT2D eigenvalue weighted by molar-refractivity contribution is 0.313. The predicted octanol–water partition coefficient (Wildman–Crippen LogP) is 3.72. The van der Waals surface area contributed by atoms with Crippen molar-refractivity contribution in [2.75, 3.05) is 0 Å². The van der Waals surface area contributed by atoms with Crippen molar-refractivity contribution in [2.45, 2.75) is 26.2 Å². The molecule has 0 unspecified atom stereocenters. The molecule has 1 saturated carbocycles. The quantitative estimate of drug-likeness (QED) is 0.562. The van der Waals surface area contributed by atoms with Gasteiger partial charge in [0.1, 0.15) is 0 Å². The summed E-state index contributed by atoms with van der Waals surface area (Å²) in [4.78, 5) is 0. The Balaban J connectivity index is 2.29. The molecule has 1 atom stereocenters. The smallest absolute Gasteiger partial charge is 0.0855 e. The molecule has 0 heterocycles. The molecule has 0 aromatic heterocycles. The zero-order valence-electron chi connectivity index (χ0n) is 9.56. The van der Waals surface area contributed by atoms with Crippen LogP contribution in [0, 0.1) is 5.92 Å². The number of oxime groups is 1. The molecule has 84 valence electrons. The van der Waals surface area contributed by atoms with Gasteiger partial charge in [0.25, 0.3) is 0 Å². The van der Waals surface area contributed by atoms with Crippen LogP contribution in [0.2, 0.25) is 0 Å². The molecule has 0 spiro atoms. The molecule has 0 saturated heterocycles. The predicted molar refractivity (Wildman–Crippen MR) is 66.7 cm³/mol. The van der Waals surface area contributed by atoms with Crippen molar-refractivity contribution in [3.05, 3.63) is 41.5 Å². The number of rotatable bonds is 1. The van der Waals surface area contributed by atoms with Gasteiger partial charge in [0.15, 0.2) is 0 Å². The largest absolute Gasteiger partial charge is 0.411 e. The zero-order chi connectivity index (χ0) is 11.4. The summed E-state index contributed by atoms with van der Waals surface area (Å²) in [5.74, 6) is 0.369. The normalized spacial score (nSPS) is 26.2. The topological polar surface area (TPSA) is 32.6 Å². The maximum atomic E-state index is 9.06. The first kappa shape index (κ1) is 10.9. The van der Waals surface area contributed by atoms with Crippen molar-refractivity contribution < 1.29 is 5.21 Å². The molecule has 0 bridgehead atoms. The van der Waals surface area contributed by atoms with Crippen LogP contribution in [0.1, 0.15) is 31.7 Å². The lowest BCUT2D eigenvalue weighted by atomic mass is 9.84. The number of hydrogen-bond donors (Lipinski definition) is 1. The second kappa shape index (κ2) is 4.97. The van der Waals surface area contributed by atoms with Crippen molar-refractivity contribution in [1.29, 1.82) is 0 Å². The minimum atomic E-state index is 0.369.